The van der Waals surface area contributed by atoms with Crippen LogP contribution >= 0.6 is 0 Å². The fraction of sp³-hybridized carbons (Fsp3) is 0.520. The quantitative estimate of drug-likeness (QED) is 0.605. The Bertz CT molecular complexity index is 1090. The SMILES string of the molecule is CC[C@H](C)c1nc(N2CCCN(C(=O)C3CCC3)CC2)c2cnn(-c3ccccc3)c2n1. The van der Waals surface area contributed by atoms with Crippen LogP contribution in [0.15, 0.2) is 36.5 Å². The molecular weight excluding hydrogens is 400 g/mol. The number of benzene rings is 1. The number of nitrogens with zero attached hydrogens (tertiary/aromatic N) is 6. The van der Waals surface area contributed by atoms with E-state index in [9.17, 15) is 4.79 Å². The van der Waals surface area contributed by atoms with Gasteiger partial charge in [0.2, 0.25) is 5.91 Å². The van der Waals surface area contributed by atoms with Gasteiger partial charge >= 0.3 is 0 Å². The molecular formula is C25H32N6O. The maximum atomic E-state index is 12.8. The molecule has 32 heavy (non-hydrogen) atoms. The molecule has 7 nitrogen and oxygen atoms in total. The molecule has 1 aromatic carbocycles. The van der Waals surface area contributed by atoms with E-state index in [0.717, 1.165) is 80.2 Å². The highest BCUT2D eigenvalue weighted by Crippen LogP contribution is 2.31. The Balaban J connectivity index is 1.50. The van der Waals surface area contributed by atoms with Crippen LogP contribution in [0.25, 0.3) is 16.7 Å². The molecule has 0 spiro atoms. The summed E-state index contributed by atoms with van der Waals surface area (Å²) in [5.74, 6) is 2.68. The van der Waals surface area contributed by atoms with E-state index >= 15 is 0 Å². The van der Waals surface area contributed by atoms with Crippen molar-refractivity contribution in [3.8, 4) is 5.69 Å². The fourth-order valence-electron chi connectivity index (χ4n) is 4.57. The van der Waals surface area contributed by atoms with Gasteiger partial charge in [-0.2, -0.15) is 5.10 Å². The van der Waals surface area contributed by atoms with Crippen molar-refractivity contribution < 1.29 is 4.79 Å². The van der Waals surface area contributed by atoms with Crippen molar-refractivity contribution in [3.63, 3.8) is 0 Å². The number of rotatable bonds is 5. The van der Waals surface area contributed by atoms with Crippen LogP contribution in [-0.2, 0) is 4.79 Å². The molecule has 1 atom stereocenters. The fourth-order valence-corrected chi connectivity index (χ4v) is 4.57. The summed E-state index contributed by atoms with van der Waals surface area (Å²) in [6, 6.07) is 10.1. The Morgan fingerprint density at radius 3 is 2.59 bits per heavy atom. The van der Waals surface area contributed by atoms with Crippen LogP contribution in [0.2, 0.25) is 0 Å². The van der Waals surface area contributed by atoms with E-state index in [2.05, 4.69) is 28.7 Å². The lowest BCUT2D eigenvalue weighted by Gasteiger charge is -2.31. The first kappa shape index (κ1) is 20.9. The van der Waals surface area contributed by atoms with E-state index in [4.69, 9.17) is 9.97 Å². The predicted molar refractivity (Wildman–Crippen MR) is 126 cm³/mol. The topological polar surface area (TPSA) is 67.2 Å². The molecule has 0 radical (unpaired) electrons. The second-order valence-corrected chi connectivity index (χ2v) is 9.14. The first-order valence-corrected chi connectivity index (χ1v) is 12.0. The number of carbonyl (C=O) groups is 1. The molecule has 1 amide bonds. The van der Waals surface area contributed by atoms with Crippen LogP contribution in [0.3, 0.4) is 0 Å². The largest absolute Gasteiger partial charge is 0.354 e. The Morgan fingerprint density at radius 1 is 1.06 bits per heavy atom. The van der Waals surface area contributed by atoms with Gasteiger partial charge in [-0.3, -0.25) is 4.79 Å². The monoisotopic (exact) mass is 432 g/mol. The molecule has 1 aliphatic carbocycles. The minimum absolute atomic E-state index is 0.258. The maximum absolute atomic E-state index is 12.8. The summed E-state index contributed by atoms with van der Waals surface area (Å²) >= 11 is 0. The van der Waals surface area contributed by atoms with E-state index in [1.54, 1.807) is 0 Å². The Kier molecular flexibility index (Phi) is 5.81. The van der Waals surface area contributed by atoms with Crippen molar-refractivity contribution in [2.45, 2.75) is 51.9 Å². The van der Waals surface area contributed by atoms with Gasteiger partial charge in [0.25, 0.3) is 0 Å². The minimum Gasteiger partial charge on any atom is -0.354 e. The summed E-state index contributed by atoms with van der Waals surface area (Å²) in [7, 11) is 0. The molecule has 2 fully saturated rings. The first-order chi connectivity index (χ1) is 15.7. The van der Waals surface area contributed by atoms with E-state index in [1.165, 1.54) is 6.42 Å². The molecule has 7 heteroatoms. The number of anilines is 1. The van der Waals surface area contributed by atoms with Crippen LogP contribution in [-0.4, -0.2) is 56.7 Å². The smallest absolute Gasteiger partial charge is 0.225 e. The highest BCUT2D eigenvalue weighted by molar-refractivity contribution is 5.88. The molecule has 2 aromatic heterocycles. The minimum atomic E-state index is 0.258. The third-order valence-corrected chi connectivity index (χ3v) is 7.04. The van der Waals surface area contributed by atoms with Crippen molar-refractivity contribution in [2.75, 3.05) is 31.1 Å². The lowest BCUT2D eigenvalue weighted by Crippen LogP contribution is -2.41. The van der Waals surface area contributed by atoms with Crippen molar-refractivity contribution in [1.29, 1.82) is 0 Å². The molecule has 5 rings (SSSR count). The van der Waals surface area contributed by atoms with Gasteiger partial charge in [-0.25, -0.2) is 14.6 Å². The summed E-state index contributed by atoms with van der Waals surface area (Å²) in [5.41, 5.74) is 1.85. The normalized spacial score (nSPS) is 18.4. The summed E-state index contributed by atoms with van der Waals surface area (Å²) in [4.78, 5) is 27.2. The van der Waals surface area contributed by atoms with Crippen LogP contribution in [0.4, 0.5) is 5.82 Å². The average Bonchev–Trinajstić information content (AvgIpc) is 3.06. The second kappa shape index (κ2) is 8.88. The van der Waals surface area contributed by atoms with Gasteiger partial charge in [-0.15, -0.1) is 0 Å². The number of para-hydroxylation sites is 1. The molecule has 168 valence electrons. The number of aromatic nitrogens is 4. The third kappa shape index (κ3) is 3.85. The molecule has 0 bridgehead atoms. The van der Waals surface area contributed by atoms with Crippen LogP contribution in [0.5, 0.6) is 0 Å². The zero-order valence-electron chi connectivity index (χ0n) is 19.1. The maximum Gasteiger partial charge on any atom is 0.225 e. The lowest BCUT2D eigenvalue weighted by atomic mass is 9.84. The van der Waals surface area contributed by atoms with Gasteiger partial charge in [0.05, 0.1) is 17.3 Å². The average molecular weight is 433 g/mol. The Morgan fingerprint density at radius 2 is 1.88 bits per heavy atom. The molecule has 1 aliphatic heterocycles. The highest BCUT2D eigenvalue weighted by Gasteiger charge is 2.31. The Labute approximate surface area is 189 Å². The Hall–Kier alpha value is -2.96. The van der Waals surface area contributed by atoms with Gasteiger partial charge in [-0.05, 0) is 37.8 Å². The van der Waals surface area contributed by atoms with Crippen molar-refractivity contribution >= 4 is 22.8 Å². The van der Waals surface area contributed by atoms with Gasteiger partial charge in [0.15, 0.2) is 5.65 Å². The second-order valence-electron chi connectivity index (χ2n) is 9.14. The molecule has 1 saturated carbocycles. The number of fused-ring (bicyclic) bond motifs is 1. The number of carbonyl (C=O) groups excluding carboxylic acids is 1. The van der Waals surface area contributed by atoms with E-state index < -0.39 is 0 Å². The first-order valence-electron chi connectivity index (χ1n) is 12.0. The van der Waals surface area contributed by atoms with Crippen LogP contribution in [0, 0.1) is 5.92 Å². The number of hydrogen-bond acceptors (Lipinski definition) is 5. The third-order valence-electron chi connectivity index (χ3n) is 7.04. The number of amides is 1. The molecule has 0 unspecified atom stereocenters. The molecule has 2 aliphatic rings. The molecule has 1 saturated heterocycles. The van der Waals surface area contributed by atoms with Gasteiger partial charge in [0.1, 0.15) is 11.6 Å². The van der Waals surface area contributed by atoms with E-state index in [-0.39, 0.29) is 11.8 Å². The molecule has 3 aromatic rings. The van der Waals surface area contributed by atoms with Crippen molar-refractivity contribution in [2.24, 2.45) is 5.92 Å². The van der Waals surface area contributed by atoms with Crippen molar-refractivity contribution in [3.05, 3.63) is 42.4 Å². The zero-order valence-corrected chi connectivity index (χ0v) is 19.1. The van der Waals surface area contributed by atoms with E-state index in [1.807, 2.05) is 41.2 Å². The zero-order chi connectivity index (χ0) is 22.1. The van der Waals surface area contributed by atoms with Crippen LogP contribution < -0.4 is 4.90 Å². The lowest BCUT2D eigenvalue weighted by molar-refractivity contribution is -0.137. The van der Waals surface area contributed by atoms with Gasteiger partial charge < -0.3 is 9.80 Å². The summed E-state index contributed by atoms with van der Waals surface area (Å²) in [6.07, 6.45) is 7.13. The molecule has 3 heterocycles. The van der Waals surface area contributed by atoms with Gasteiger partial charge in [0, 0.05) is 38.0 Å². The standard InChI is InChI=1S/C25H32N6O/c1-3-18(2)22-27-23(21-17-26-31(24(21)28-22)20-11-5-4-6-12-20)29-13-8-14-30(16-15-29)25(32)19-9-7-10-19/h4-6,11-12,17-19H,3,7-10,13-16H2,1-2H3/t18-/m0/s1. The summed E-state index contributed by atoms with van der Waals surface area (Å²) < 4.78 is 1.91. The number of hydrogen-bond donors (Lipinski definition) is 0. The van der Waals surface area contributed by atoms with Crippen molar-refractivity contribution in [1.82, 2.24) is 24.6 Å². The molecule has 0 N–H and O–H groups in total. The summed E-state index contributed by atoms with van der Waals surface area (Å²) in [6.45, 7) is 7.61. The highest BCUT2D eigenvalue weighted by atomic mass is 16.2. The van der Waals surface area contributed by atoms with E-state index in [0.29, 0.717) is 5.91 Å². The van der Waals surface area contributed by atoms with Gasteiger partial charge in [-0.1, -0.05) is 38.5 Å². The van der Waals surface area contributed by atoms with Crippen LogP contribution in [0.1, 0.15) is 57.7 Å². The summed E-state index contributed by atoms with van der Waals surface area (Å²) in [5, 5.41) is 5.65. The predicted octanol–water partition coefficient (Wildman–Crippen LogP) is 4.17.